The Hall–Kier alpha value is -2.08. The third-order valence-electron chi connectivity index (χ3n) is 5.44. The molecular weight excluding hydrogens is 294 g/mol. The molecule has 1 saturated heterocycles. The third-order valence-corrected chi connectivity index (χ3v) is 5.44. The Morgan fingerprint density at radius 2 is 2.26 bits per heavy atom. The molecule has 0 spiro atoms. The molecule has 0 radical (unpaired) electrons. The lowest BCUT2D eigenvalue weighted by Crippen LogP contribution is -2.49. The average molecular weight is 315 g/mol. The van der Waals surface area contributed by atoms with Crippen LogP contribution < -0.4 is 0 Å². The summed E-state index contributed by atoms with van der Waals surface area (Å²) in [5.74, 6) is 1.24. The third kappa shape index (κ3) is 2.37. The summed E-state index contributed by atoms with van der Waals surface area (Å²) in [5.41, 5.74) is 2.03. The maximum absolute atomic E-state index is 11.2. The molecule has 1 aromatic heterocycles. The van der Waals surface area contributed by atoms with Gasteiger partial charge in [0.1, 0.15) is 5.82 Å². The van der Waals surface area contributed by atoms with Gasteiger partial charge in [-0.3, -0.25) is 0 Å². The Morgan fingerprint density at radius 1 is 1.48 bits per heavy atom. The van der Waals surface area contributed by atoms with Gasteiger partial charge in [-0.2, -0.15) is 0 Å². The Morgan fingerprint density at radius 3 is 2.96 bits per heavy atom. The number of benzene rings is 1. The number of rotatable bonds is 3. The molecule has 2 N–H and O–H groups in total. The molecule has 6 nitrogen and oxygen atoms in total. The van der Waals surface area contributed by atoms with E-state index in [-0.39, 0.29) is 17.4 Å². The van der Waals surface area contributed by atoms with Gasteiger partial charge in [-0.25, -0.2) is 9.78 Å². The zero-order chi connectivity index (χ0) is 16.0. The number of aromatic nitrogens is 2. The molecule has 2 atom stereocenters. The molecule has 122 valence electrons. The number of morpholine rings is 1. The topological polar surface area (TPSA) is 78.5 Å². The molecule has 2 fully saturated rings. The van der Waals surface area contributed by atoms with Gasteiger partial charge in [-0.05, 0) is 30.9 Å². The van der Waals surface area contributed by atoms with Crippen LogP contribution in [-0.4, -0.2) is 51.9 Å². The summed E-state index contributed by atoms with van der Waals surface area (Å²) in [4.78, 5) is 20.9. The molecule has 0 bridgehead atoms. The highest BCUT2D eigenvalue weighted by Crippen LogP contribution is 2.54. The van der Waals surface area contributed by atoms with E-state index in [1.807, 2.05) is 24.3 Å². The fourth-order valence-electron chi connectivity index (χ4n) is 3.74. The number of hydrogen-bond acceptors (Lipinski definition) is 3. The molecule has 1 aliphatic carbocycles. The lowest BCUT2D eigenvalue weighted by molar-refractivity contribution is -0.0553. The predicted molar refractivity (Wildman–Crippen MR) is 85.5 cm³/mol. The summed E-state index contributed by atoms with van der Waals surface area (Å²) in [6.45, 7) is 3.53. The fourth-order valence-corrected chi connectivity index (χ4v) is 3.74. The standard InChI is InChI=1S/C17H21N3O3/c1-11(14-10-20(16(21)22)8-9-23-14)17(6-7-17)15-18-12-4-2-3-5-13(12)19-15/h2-5,11,14H,6-10H2,1H3,(H,18,19)(H,21,22). The highest BCUT2D eigenvalue weighted by atomic mass is 16.5. The molecule has 6 heteroatoms. The van der Waals surface area contributed by atoms with E-state index in [1.165, 1.54) is 4.90 Å². The number of carboxylic acid groups (broad SMARTS) is 1. The predicted octanol–water partition coefficient (Wildman–Crippen LogP) is 2.61. The summed E-state index contributed by atoms with van der Waals surface area (Å²) in [6.07, 6.45) is 1.21. The number of carbonyl (C=O) groups is 1. The van der Waals surface area contributed by atoms with Crippen LogP contribution in [0.3, 0.4) is 0 Å². The zero-order valence-corrected chi connectivity index (χ0v) is 13.2. The van der Waals surface area contributed by atoms with Crippen molar-refractivity contribution in [2.75, 3.05) is 19.7 Å². The van der Waals surface area contributed by atoms with E-state index in [0.29, 0.717) is 19.7 Å². The van der Waals surface area contributed by atoms with E-state index < -0.39 is 6.09 Å². The number of imidazole rings is 1. The van der Waals surface area contributed by atoms with Crippen molar-refractivity contribution in [3.8, 4) is 0 Å². The van der Waals surface area contributed by atoms with Gasteiger partial charge in [-0.15, -0.1) is 0 Å². The van der Waals surface area contributed by atoms with Gasteiger partial charge in [0, 0.05) is 12.0 Å². The minimum Gasteiger partial charge on any atom is -0.465 e. The van der Waals surface area contributed by atoms with E-state index in [2.05, 4.69) is 11.9 Å². The first-order chi connectivity index (χ1) is 11.1. The van der Waals surface area contributed by atoms with E-state index in [1.54, 1.807) is 0 Å². The van der Waals surface area contributed by atoms with Crippen LogP contribution in [0.4, 0.5) is 4.79 Å². The number of nitrogens with zero attached hydrogens (tertiary/aromatic N) is 2. The largest absolute Gasteiger partial charge is 0.465 e. The summed E-state index contributed by atoms with van der Waals surface area (Å²) in [5, 5.41) is 9.22. The molecule has 2 aromatic rings. The SMILES string of the molecule is CC(C1CN(C(=O)O)CCO1)C1(c2nc3ccccc3[nH]2)CC1. The normalized spacial score (nSPS) is 24.6. The van der Waals surface area contributed by atoms with Crippen LogP contribution in [0.15, 0.2) is 24.3 Å². The van der Waals surface area contributed by atoms with Gasteiger partial charge < -0.3 is 19.7 Å². The van der Waals surface area contributed by atoms with Crippen molar-refractivity contribution >= 4 is 17.1 Å². The molecule has 23 heavy (non-hydrogen) atoms. The number of para-hydroxylation sites is 2. The van der Waals surface area contributed by atoms with E-state index in [0.717, 1.165) is 29.7 Å². The van der Waals surface area contributed by atoms with Crippen molar-refractivity contribution in [3.63, 3.8) is 0 Å². The molecule has 4 rings (SSSR count). The first kappa shape index (κ1) is 14.5. The van der Waals surface area contributed by atoms with Crippen molar-refractivity contribution in [2.24, 2.45) is 5.92 Å². The number of aromatic amines is 1. The molecule has 1 amide bonds. The van der Waals surface area contributed by atoms with E-state index >= 15 is 0 Å². The molecular formula is C17H21N3O3. The van der Waals surface area contributed by atoms with Gasteiger partial charge >= 0.3 is 6.09 Å². The van der Waals surface area contributed by atoms with Gasteiger partial charge in [0.2, 0.25) is 0 Å². The minimum atomic E-state index is -0.862. The van der Waals surface area contributed by atoms with Crippen LogP contribution in [0.25, 0.3) is 11.0 Å². The van der Waals surface area contributed by atoms with Crippen molar-refractivity contribution in [1.82, 2.24) is 14.9 Å². The Labute approximate surface area is 134 Å². The quantitative estimate of drug-likeness (QED) is 0.912. The number of H-pyrrole nitrogens is 1. The number of hydrogen-bond donors (Lipinski definition) is 2. The van der Waals surface area contributed by atoms with Crippen molar-refractivity contribution in [2.45, 2.75) is 31.3 Å². The first-order valence-corrected chi connectivity index (χ1v) is 8.15. The van der Waals surface area contributed by atoms with Gasteiger partial charge in [0.05, 0.1) is 30.3 Å². The van der Waals surface area contributed by atoms with Crippen LogP contribution in [0.1, 0.15) is 25.6 Å². The van der Waals surface area contributed by atoms with E-state index in [4.69, 9.17) is 9.72 Å². The number of fused-ring (bicyclic) bond motifs is 1. The van der Waals surface area contributed by atoms with Crippen LogP contribution in [0.5, 0.6) is 0 Å². The number of amides is 1. The Kier molecular flexibility index (Phi) is 3.30. The average Bonchev–Trinajstić information content (AvgIpc) is 3.27. The summed E-state index contributed by atoms with van der Waals surface area (Å²) < 4.78 is 5.90. The minimum absolute atomic E-state index is 0.00873. The number of nitrogens with one attached hydrogen (secondary N) is 1. The fraction of sp³-hybridized carbons (Fsp3) is 0.529. The smallest absolute Gasteiger partial charge is 0.407 e. The first-order valence-electron chi connectivity index (χ1n) is 8.15. The van der Waals surface area contributed by atoms with Crippen molar-refractivity contribution in [1.29, 1.82) is 0 Å². The number of ether oxygens (including phenoxy) is 1. The lowest BCUT2D eigenvalue weighted by Gasteiger charge is -2.37. The van der Waals surface area contributed by atoms with Crippen molar-refractivity contribution < 1.29 is 14.6 Å². The van der Waals surface area contributed by atoms with Gasteiger partial charge in [-0.1, -0.05) is 19.1 Å². The van der Waals surface area contributed by atoms with Crippen LogP contribution >= 0.6 is 0 Å². The Bertz CT molecular complexity index is 705. The molecule has 2 aliphatic rings. The summed E-state index contributed by atoms with van der Waals surface area (Å²) >= 11 is 0. The highest BCUT2D eigenvalue weighted by Gasteiger charge is 2.54. The molecule has 1 aliphatic heterocycles. The van der Waals surface area contributed by atoms with E-state index in [9.17, 15) is 9.90 Å². The monoisotopic (exact) mass is 315 g/mol. The van der Waals surface area contributed by atoms with Crippen molar-refractivity contribution in [3.05, 3.63) is 30.1 Å². The second-order valence-corrected chi connectivity index (χ2v) is 6.69. The van der Waals surface area contributed by atoms with Crippen LogP contribution in [-0.2, 0) is 10.2 Å². The zero-order valence-electron chi connectivity index (χ0n) is 13.2. The maximum atomic E-state index is 11.2. The second-order valence-electron chi connectivity index (χ2n) is 6.69. The Balaban J connectivity index is 1.59. The van der Waals surface area contributed by atoms with Crippen LogP contribution in [0, 0.1) is 5.92 Å². The molecule has 1 aromatic carbocycles. The van der Waals surface area contributed by atoms with Gasteiger partial charge in [0.15, 0.2) is 0 Å². The lowest BCUT2D eigenvalue weighted by atomic mass is 9.84. The molecule has 2 unspecified atom stereocenters. The molecule has 1 saturated carbocycles. The summed E-state index contributed by atoms with van der Waals surface area (Å²) in [7, 11) is 0. The van der Waals surface area contributed by atoms with Crippen LogP contribution in [0.2, 0.25) is 0 Å². The second kappa shape index (κ2) is 5.23. The molecule has 2 heterocycles. The maximum Gasteiger partial charge on any atom is 0.407 e. The summed E-state index contributed by atoms with van der Waals surface area (Å²) in [6, 6.07) is 8.04. The highest BCUT2D eigenvalue weighted by molar-refractivity contribution is 5.75. The van der Waals surface area contributed by atoms with Gasteiger partial charge in [0.25, 0.3) is 0 Å².